The zero-order valence-electron chi connectivity index (χ0n) is 12.2. The maximum Gasteiger partial charge on any atom is 0.265 e. The molecular weight excluding hydrogens is 327 g/mol. The molecule has 0 aromatic carbocycles. The molecule has 1 N–H and O–H groups in total. The van der Waals surface area contributed by atoms with Crippen LogP contribution < -0.4 is 5.32 Å². The topological polar surface area (TPSA) is 32.3 Å². The van der Waals surface area contributed by atoms with Crippen LogP contribution in [0.3, 0.4) is 0 Å². The summed E-state index contributed by atoms with van der Waals surface area (Å²) in [6, 6.07) is 0.680. The Labute approximate surface area is 141 Å². The van der Waals surface area contributed by atoms with E-state index in [4.69, 9.17) is 11.6 Å². The van der Waals surface area contributed by atoms with Crippen LogP contribution in [0.4, 0.5) is 0 Å². The van der Waals surface area contributed by atoms with Gasteiger partial charge in [-0.1, -0.05) is 11.6 Å². The standard InChI is InChI=1S/C15H21ClN2OS.ClH/c1-10-9-20-14(13(10)16)15(19)18-7-4-11(5-8-18)12-3-2-6-17-12;/h9,11-12,17H,2-8H2,1H3;1H. The first-order valence-corrected chi connectivity index (χ1v) is 8.69. The number of rotatable bonds is 2. The number of carbonyl (C=O) groups excluding carboxylic acids is 1. The van der Waals surface area contributed by atoms with E-state index >= 15 is 0 Å². The predicted octanol–water partition coefficient (Wildman–Crippen LogP) is 3.74. The van der Waals surface area contributed by atoms with Gasteiger partial charge in [0.2, 0.25) is 0 Å². The molecule has 1 unspecified atom stereocenters. The third-order valence-electron chi connectivity index (χ3n) is 4.59. The van der Waals surface area contributed by atoms with E-state index in [2.05, 4.69) is 5.32 Å². The molecule has 0 saturated carbocycles. The number of piperidine rings is 1. The molecule has 118 valence electrons. The first-order chi connectivity index (χ1) is 9.66. The van der Waals surface area contributed by atoms with E-state index in [1.54, 1.807) is 0 Å². The minimum absolute atomic E-state index is 0. The van der Waals surface area contributed by atoms with Crippen LogP contribution in [-0.2, 0) is 0 Å². The summed E-state index contributed by atoms with van der Waals surface area (Å²) in [5, 5.41) is 6.19. The van der Waals surface area contributed by atoms with Gasteiger partial charge < -0.3 is 10.2 Å². The van der Waals surface area contributed by atoms with Gasteiger partial charge in [0.25, 0.3) is 5.91 Å². The Morgan fingerprint density at radius 2 is 2.10 bits per heavy atom. The molecule has 2 aliphatic rings. The van der Waals surface area contributed by atoms with Crippen molar-refractivity contribution in [3.63, 3.8) is 0 Å². The fourth-order valence-electron chi connectivity index (χ4n) is 3.34. The maximum absolute atomic E-state index is 12.5. The highest BCUT2D eigenvalue weighted by atomic mass is 35.5. The van der Waals surface area contributed by atoms with Crippen molar-refractivity contribution >= 4 is 41.3 Å². The molecule has 3 rings (SSSR count). The molecule has 3 heterocycles. The molecule has 0 radical (unpaired) electrons. The van der Waals surface area contributed by atoms with E-state index in [-0.39, 0.29) is 18.3 Å². The van der Waals surface area contributed by atoms with E-state index in [1.807, 2.05) is 17.2 Å². The second-order valence-electron chi connectivity index (χ2n) is 5.89. The van der Waals surface area contributed by atoms with Gasteiger partial charge in [0.05, 0.1) is 5.02 Å². The predicted molar refractivity (Wildman–Crippen MR) is 91.0 cm³/mol. The Bertz CT molecular complexity index is 492. The van der Waals surface area contributed by atoms with Crippen molar-refractivity contribution in [2.75, 3.05) is 19.6 Å². The summed E-state index contributed by atoms with van der Waals surface area (Å²) < 4.78 is 0. The van der Waals surface area contributed by atoms with Gasteiger partial charge in [-0.15, -0.1) is 23.7 Å². The van der Waals surface area contributed by atoms with Crippen molar-refractivity contribution in [2.24, 2.45) is 5.92 Å². The van der Waals surface area contributed by atoms with Crippen LogP contribution in [-0.4, -0.2) is 36.5 Å². The number of hydrogen-bond donors (Lipinski definition) is 1. The van der Waals surface area contributed by atoms with Crippen molar-refractivity contribution in [1.82, 2.24) is 10.2 Å². The fraction of sp³-hybridized carbons (Fsp3) is 0.667. The quantitative estimate of drug-likeness (QED) is 0.882. The third-order valence-corrected chi connectivity index (χ3v) is 6.27. The van der Waals surface area contributed by atoms with Crippen LogP contribution in [0.1, 0.15) is 40.9 Å². The van der Waals surface area contributed by atoms with Crippen LogP contribution in [0.15, 0.2) is 5.38 Å². The number of halogens is 2. The lowest BCUT2D eigenvalue weighted by molar-refractivity contribution is 0.0679. The Morgan fingerprint density at radius 1 is 1.38 bits per heavy atom. The molecule has 6 heteroatoms. The van der Waals surface area contributed by atoms with E-state index in [9.17, 15) is 4.79 Å². The van der Waals surface area contributed by atoms with E-state index in [0.29, 0.717) is 15.9 Å². The van der Waals surface area contributed by atoms with Crippen molar-refractivity contribution < 1.29 is 4.79 Å². The van der Waals surface area contributed by atoms with Crippen molar-refractivity contribution in [3.8, 4) is 0 Å². The summed E-state index contributed by atoms with van der Waals surface area (Å²) in [5.74, 6) is 0.855. The second-order valence-corrected chi connectivity index (χ2v) is 7.15. The van der Waals surface area contributed by atoms with Gasteiger partial charge in [0.15, 0.2) is 0 Å². The number of thiophene rings is 1. The fourth-order valence-corrected chi connectivity index (χ4v) is 4.58. The largest absolute Gasteiger partial charge is 0.338 e. The van der Waals surface area contributed by atoms with Crippen LogP contribution in [0.5, 0.6) is 0 Å². The number of nitrogens with one attached hydrogen (secondary N) is 1. The smallest absolute Gasteiger partial charge is 0.265 e. The molecule has 2 saturated heterocycles. The molecule has 2 aliphatic heterocycles. The summed E-state index contributed by atoms with van der Waals surface area (Å²) in [4.78, 5) is 15.2. The molecule has 1 amide bonds. The van der Waals surface area contributed by atoms with Gasteiger partial charge in [0, 0.05) is 19.1 Å². The lowest BCUT2D eigenvalue weighted by Gasteiger charge is -2.34. The molecule has 0 bridgehead atoms. The van der Waals surface area contributed by atoms with E-state index in [1.165, 1.54) is 24.2 Å². The van der Waals surface area contributed by atoms with Crippen LogP contribution >= 0.6 is 35.3 Å². The van der Waals surface area contributed by atoms with Gasteiger partial charge in [0.1, 0.15) is 4.88 Å². The molecule has 0 aliphatic carbocycles. The van der Waals surface area contributed by atoms with Crippen LogP contribution in [0.25, 0.3) is 0 Å². The van der Waals surface area contributed by atoms with Crippen molar-refractivity contribution in [2.45, 2.75) is 38.6 Å². The monoisotopic (exact) mass is 348 g/mol. The highest BCUT2D eigenvalue weighted by Crippen LogP contribution is 2.31. The Balaban J connectivity index is 0.00000161. The zero-order valence-corrected chi connectivity index (χ0v) is 14.6. The number of hydrogen-bond acceptors (Lipinski definition) is 3. The first kappa shape index (κ1) is 17.1. The number of amides is 1. The molecule has 1 aromatic rings. The highest BCUT2D eigenvalue weighted by Gasteiger charge is 2.31. The van der Waals surface area contributed by atoms with E-state index < -0.39 is 0 Å². The summed E-state index contributed by atoms with van der Waals surface area (Å²) in [5.41, 5.74) is 1.00. The molecule has 1 atom stereocenters. The second kappa shape index (κ2) is 7.32. The molecule has 1 aromatic heterocycles. The third kappa shape index (κ3) is 3.55. The van der Waals surface area contributed by atoms with Gasteiger partial charge in [-0.3, -0.25) is 4.79 Å². The van der Waals surface area contributed by atoms with Crippen molar-refractivity contribution in [1.29, 1.82) is 0 Å². The summed E-state index contributed by atoms with van der Waals surface area (Å²) >= 11 is 7.68. The number of carbonyl (C=O) groups is 1. The minimum Gasteiger partial charge on any atom is -0.338 e. The average molecular weight is 349 g/mol. The van der Waals surface area contributed by atoms with E-state index in [0.717, 1.165) is 44.0 Å². The average Bonchev–Trinajstić information content (AvgIpc) is 3.10. The SMILES string of the molecule is Cc1csc(C(=O)N2CCC(C3CCCN3)CC2)c1Cl.Cl. The molecule has 3 nitrogen and oxygen atoms in total. The molecule has 21 heavy (non-hydrogen) atoms. The highest BCUT2D eigenvalue weighted by molar-refractivity contribution is 7.13. The van der Waals surface area contributed by atoms with Crippen LogP contribution in [0.2, 0.25) is 5.02 Å². The summed E-state index contributed by atoms with van der Waals surface area (Å²) in [7, 11) is 0. The molecule has 2 fully saturated rings. The molecular formula is C15H22Cl2N2OS. The Kier molecular flexibility index (Phi) is 5.95. The van der Waals surface area contributed by atoms with Gasteiger partial charge in [-0.2, -0.15) is 0 Å². The number of likely N-dealkylation sites (tertiary alicyclic amines) is 1. The first-order valence-electron chi connectivity index (χ1n) is 7.43. The summed E-state index contributed by atoms with van der Waals surface area (Å²) in [6.45, 7) is 4.85. The van der Waals surface area contributed by atoms with Gasteiger partial charge in [-0.25, -0.2) is 0 Å². The minimum atomic E-state index is 0. The maximum atomic E-state index is 12.5. The van der Waals surface area contributed by atoms with Crippen molar-refractivity contribution in [3.05, 3.63) is 20.8 Å². The normalized spacial score (nSPS) is 23.1. The van der Waals surface area contributed by atoms with Gasteiger partial charge in [-0.05, 0) is 56.0 Å². The van der Waals surface area contributed by atoms with Gasteiger partial charge >= 0.3 is 0 Å². The lowest BCUT2D eigenvalue weighted by atomic mass is 9.88. The zero-order chi connectivity index (χ0) is 14.1. The molecule has 0 spiro atoms. The van der Waals surface area contributed by atoms with Crippen LogP contribution in [0, 0.1) is 12.8 Å². The number of nitrogens with zero attached hydrogens (tertiary/aromatic N) is 1. The Morgan fingerprint density at radius 3 is 2.62 bits per heavy atom. The lowest BCUT2D eigenvalue weighted by Crippen LogP contribution is -2.43. The number of aryl methyl sites for hydroxylation is 1. The Hall–Kier alpha value is -0.290. The summed E-state index contributed by atoms with van der Waals surface area (Å²) in [6.07, 6.45) is 4.83.